The van der Waals surface area contributed by atoms with E-state index >= 15 is 0 Å². The Morgan fingerprint density at radius 2 is 1.89 bits per heavy atom. The van der Waals surface area contributed by atoms with Crippen LogP contribution in [0.25, 0.3) is 11.0 Å². The van der Waals surface area contributed by atoms with Gasteiger partial charge in [0.1, 0.15) is 11.3 Å². The first kappa shape index (κ1) is 21.0. The van der Waals surface area contributed by atoms with E-state index in [2.05, 4.69) is 23.9 Å². The van der Waals surface area contributed by atoms with E-state index < -0.39 is 0 Å². The van der Waals surface area contributed by atoms with Crippen LogP contribution in [-0.2, 0) is 0 Å². The van der Waals surface area contributed by atoms with Crippen molar-refractivity contribution in [3.63, 3.8) is 0 Å². The topological polar surface area (TPSA) is 75.3 Å². The number of carbonyl (C=O) groups excluding carboxylic acids is 1. The van der Waals surface area contributed by atoms with E-state index in [-0.39, 0.29) is 16.9 Å². The molecule has 1 aromatic carbocycles. The van der Waals surface area contributed by atoms with Crippen molar-refractivity contribution in [1.29, 1.82) is 0 Å². The number of hydrogen-bond donors (Lipinski definition) is 1. The van der Waals surface area contributed by atoms with Crippen molar-refractivity contribution in [2.45, 2.75) is 46.5 Å². The lowest BCUT2D eigenvalue weighted by atomic mass is 10.1. The van der Waals surface area contributed by atoms with Crippen molar-refractivity contribution in [2.24, 2.45) is 5.16 Å². The molecule has 0 radical (unpaired) electrons. The van der Waals surface area contributed by atoms with E-state index in [4.69, 9.17) is 14.4 Å². The minimum atomic E-state index is -0.213. The van der Waals surface area contributed by atoms with Gasteiger partial charge in [-0.2, -0.15) is 0 Å². The van der Waals surface area contributed by atoms with Crippen LogP contribution in [0.2, 0.25) is 0 Å². The third kappa shape index (κ3) is 6.10. The van der Waals surface area contributed by atoms with Crippen LogP contribution in [0.3, 0.4) is 0 Å². The second-order valence-electron chi connectivity index (χ2n) is 6.61. The summed E-state index contributed by atoms with van der Waals surface area (Å²) in [5.41, 5.74) is 0.688. The van der Waals surface area contributed by atoms with Gasteiger partial charge in [-0.25, -0.2) is 0 Å². The molecule has 148 valence electrons. The fraction of sp³-hybridized carbons (Fsp3) is 0.524. The van der Waals surface area contributed by atoms with Crippen LogP contribution in [0.5, 0.6) is 5.75 Å². The van der Waals surface area contributed by atoms with Crippen LogP contribution in [-0.4, -0.2) is 42.1 Å². The highest BCUT2D eigenvalue weighted by molar-refractivity contribution is 5.96. The van der Waals surface area contributed by atoms with Crippen LogP contribution >= 0.6 is 0 Å². The van der Waals surface area contributed by atoms with Gasteiger partial charge in [0.05, 0.1) is 12.2 Å². The Labute approximate surface area is 160 Å². The zero-order chi connectivity index (χ0) is 19.6. The van der Waals surface area contributed by atoms with Gasteiger partial charge in [0, 0.05) is 11.5 Å². The smallest absolute Gasteiger partial charge is 0.266 e. The monoisotopic (exact) mass is 374 g/mol. The molecular formula is C21H30N2O4. The highest BCUT2D eigenvalue weighted by Gasteiger charge is 2.09. The summed E-state index contributed by atoms with van der Waals surface area (Å²) in [5, 5.41) is 12.9. The van der Waals surface area contributed by atoms with E-state index in [1.54, 1.807) is 12.1 Å². The van der Waals surface area contributed by atoms with Crippen molar-refractivity contribution in [3.05, 3.63) is 35.4 Å². The Morgan fingerprint density at radius 3 is 2.56 bits per heavy atom. The van der Waals surface area contributed by atoms with Gasteiger partial charge in [-0.05, 0) is 62.8 Å². The zero-order valence-electron chi connectivity index (χ0n) is 16.5. The Bertz CT molecular complexity index is 809. The molecule has 0 amide bonds. The second kappa shape index (κ2) is 10.7. The lowest BCUT2D eigenvalue weighted by Gasteiger charge is -2.17. The molecule has 0 saturated heterocycles. The SMILES string of the molecule is CCN(CC)CCCCCCOc1ccc2cc(C(C)=O)c(=NO)oc2c1. The maximum Gasteiger partial charge on any atom is 0.266 e. The minimum absolute atomic E-state index is 0.0830. The maximum absolute atomic E-state index is 11.6. The number of ether oxygens (including phenoxy) is 1. The normalized spacial score (nSPS) is 12.1. The molecule has 0 saturated carbocycles. The molecule has 1 aromatic heterocycles. The van der Waals surface area contributed by atoms with Crippen molar-refractivity contribution < 1.29 is 19.2 Å². The third-order valence-electron chi connectivity index (χ3n) is 4.72. The number of unbranched alkanes of at least 4 members (excludes halogenated alkanes) is 3. The van der Waals surface area contributed by atoms with Crippen molar-refractivity contribution in [2.75, 3.05) is 26.2 Å². The Morgan fingerprint density at radius 1 is 1.15 bits per heavy atom. The molecular weight excluding hydrogens is 344 g/mol. The van der Waals surface area contributed by atoms with Gasteiger partial charge >= 0.3 is 0 Å². The molecule has 6 heteroatoms. The molecule has 1 N–H and O–H groups in total. The molecule has 0 unspecified atom stereocenters. The summed E-state index contributed by atoms with van der Waals surface area (Å²) in [5.74, 6) is 0.489. The van der Waals surface area contributed by atoms with Crippen LogP contribution in [0.4, 0.5) is 0 Å². The average molecular weight is 374 g/mol. The number of hydrogen-bond acceptors (Lipinski definition) is 6. The highest BCUT2D eigenvalue weighted by atomic mass is 16.5. The average Bonchev–Trinajstić information content (AvgIpc) is 2.68. The molecule has 0 atom stereocenters. The molecule has 0 spiro atoms. The number of nitrogens with zero attached hydrogens (tertiary/aromatic N) is 2. The molecule has 27 heavy (non-hydrogen) atoms. The van der Waals surface area contributed by atoms with Crippen LogP contribution in [0.15, 0.2) is 33.8 Å². The molecule has 2 aromatic rings. The first-order chi connectivity index (χ1) is 13.1. The van der Waals surface area contributed by atoms with Gasteiger partial charge in [0.2, 0.25) is 0 Å². The summed E-state index contributed by atoms with van der Waals surface area (Å²) in [6.45, 7) is 9.86. The molecule has 0 fully saturated rings. The zero-order valence-corrected chi connectivity index (χ0v) is 16.5. The second-order valence-corrected chi connectivity index (χ2v) is 6.61. The molecule has 0 bridgehead atoms. The number of fused-ring (bicyclic) bond motifs is 1. The molecule has 6 nitrogen and oxygen atoms in total. The van der Waals surface area contributed by atoms with E-state index in [9.17, 15) is 4.79 Å². The van der Waals surface area contributed by atoms with E-state index in [1.165, 1.54) is 26.3 Å². The molecule has 0 aliphatic rings. The van der Waals surface area contributed by atoms with Gasteiger partial charge in [-0.1, -0.05) is 26.7 Å². The summed E-state index contributed by atoms with van der Waals surface area (Å²) in [7, 11) is 0. The van der Waals surface area contributed by atoms with E-state index in [1.807, 2.05) is 12.1 Å². The highest BCUT2D eigenvalue weighted by Crippen LogP contribution is 2.21. The lowest BCUT2D eigenvalue weighted by molar-refractivity contribution is 0.101. The van der Waals surface area contributed by atoms with Crippen LogP contribution in [0, 0.1) is 0 Å². The summed E-state index contributed by atoms with van der Waals surface area (Å²) in [4.78, 5) is 14.0. The minimum Gasteiger partial charge on any atom is -0.493 e. The van der Waals surface area contributed by atoms with Gasteiger partial charge in [0.25, 0.3) is 5.55 Å². The third-order valence-corrected chi connectivity index (χ3v) is 4.72. The largest absolute Gasteiger partial charge is 0.493 e. The molecule has 2 rings (SSSR count). The maximum atomic E-state index is 11.6. The number of ketones is 1. The van der Waals surface area contributed by atoms with Gasteiger partial charge in [-0.3, -0.25) is 4.79 Å². The van der Waals surface area contributed by atoms with E-state index in [0.29, 0.717) is 17.9 Å². The summed E-state index contributed by atoms with van der Waals surface area (Å²) in [6.07, 6.45) is 4.59. The quantitative estimate of drug-likeness (QED) is 0.276. The van der Waals surface area contributed by atoms with Gasteiger partial charge in [-0.15, -0.1) is 0 Å². The molecule has 0 aliphatic heterocycles. The summed E-state index contributed by atoms with van der Waals surface area (Å²) in [6, 6.07) is 7.12. The Hall–Kier alpha value is -2.34. The number of benzene rings is 1. The lowest BCUT2D eigenvalue weighted by Crippen LogP contribution is -2.23. The number of rotatable bonds is 11. The predicted octanol–water partition coefficient (Wildman–Crippen LogP) is 4.21. The number of Topliss-reactive ketones (excluding diaryl/α,β-unsaturated/α-hetero) is 1. The summed E-state index contributed by atoms with van der Waals surface area (Å²) < 4.78 is 11.3. The first-order valence-electron chi connectivity index (χ1n) is 9.71. The number of carbonyl (C=O) groups is 1. The van der Waals surface area contributed by atoms with Gasteiger partial charge in [0.15, 0.2) is 5.78 Å². The first-order valence-corrected chi connectivity index (χ1v) is 9.71. The van der Waals surface area contributed by atoms with Crippen molar-refractivity contribution >= 4 is 16.8 Å². The van der Waals surface area contributed by atoms with Crippen LogP contribution in [0.1, 0.15) is 56.8 Å². The standard InChI is InChI=1S/C21H30N2O4/c1-4-23(5-2)12-8-6-7-9-13-26-18-11-10-17-14-19(16(3)24)21(22-25)27-20(17)15-18/h10-11,14-15,25H,4-9,12-13H2,1-3H3. The fourth-order valence-corrected chi connectivity index (χ4v) is 3.04. The molecule has 1 heterocycles. The summed E-state index contributed by atoms with van der Waals surface area (Å²) >= 11 is 0. The Kier molecular flexibility index (Phi) is 8.33. The van der Waals surface area contributed by atoms with Crippen molar-refractivity contribution in [3.8, 4) is 5.75 Å². The fourth-order valence-electron chi connectivity index (χ4n) is 3.04. The Balaban J connectivity index is 1.85. The van der Waals surface area contributed by atoms with Gasteiger partial charge < -0.3 is 19.3 Å². The van der Waals surface area contributed by atoms with Crippen LogP contribution < -0.4 is 10.3 Å². The van der Waals surface area contributed by atoms with Crippen molar-refractivity contribution in [1.82, 2.24) is 4.90 Å². The molecule has 0 aliphatic carbocycles. The van der Waals surface area contributed by atoms with E-state index in [0.717, 1.165) is 31.3 Å². The predicted molar refractivity (Wildman–Crippen MR) is 105 cm³/mol.